The van der Waals surface area contributed by atoms with E-state index in [9.17, 15) is 22.8 Å². The third kappa shape index (κ3) is 5.82. The van der Waals surface area contributed by atoms with Gasteiger partial charge in [-0.15, -0.1) is 0 Å². The van der Waals surface area contributed by atoms with Crippen LogP contribution in [-0.2, 0) is 38.1 Å². The minimum Gasteiger partial charge on any atom is -0.449 e. The molecule has 0 bridgehead atoms. The first kappa shape index (κ1) is 29.1. The van der Waals surface area contributed by atoms with Crippen molar-refractivity contribution in [1.29, 1.82) is 0 Å². The fourth-order valence-corrected chi connectivity index (χ4v) is 7.27. The molecule has 2 saturated heterocycles. The van der Waals surface area contributed by atoms with Crippen molar-refractivity contribution in [3.8, 4) is 0 Å². The first-order valence-electron chi connectivity index (χ1n) is 14.4. The second-order valence-electron chi connectivity index (χ2n) is 12.4. The molecule has 4 heterocycles. The standard InChI is InChI=1S/C29H40F3N3O5/c1-18(2)15-40-27(37)35-14-23-9-19(8-20-5-7-39-16-25(20)38-3)11-28(23,17-35)26(36)34-6-4-24-21(13-34)10-22(12-33-24)29(30,31)32/h10,12,18-20,23,25H,4-9,11,13-17H2,1-3H3/t19-,20?,23+,25?,28+/m1/s1. The number of methoxy groups -OCH3 is 1. The number of nitrogens with zero attached hydrogens (tertiary/aromatic N) is 3. The van der Waals surface area contributed by atoms with Crippen molar-refractivity contribution in [2.45, 2.75) is 64.8 Å². The van der Waals surface area contributed by atoms with Crippen molar-refractivity contribution in [2.75, 3.05) is 46.6 Å². The Balaban J connectivity index is 1.36. The lowest BCUT2D eigenvalue weighted by atomic mass is 9.78. The third-order valence-corrected chi connectivity index (χ3v) is 9.22. The van der Waals surface area contributed by atoms with Crippen molar-refractivity contribution in [3.05, 3.63) is 29.1 Å². The number of aromatic nitrogens is 1. The average molecular weight is 568 g/mol. The smallest absolute Gasteiger partial charge is 0.417 e. The number of likely N-dealkylation sites (tertiary alicyclic amines) is 1. The monoisotopic (exact) mass is 567 g/mol. The molecule has 2 amide bonds. The number of alkyl halides is 3. The zero-order valence-electron chi connectivity index (χ0n) is 23.5. The van der Waals surface area contributed by atoms with E-state index in [1.165, 1.54) is 0 Å². The fourth-order valence-electron chi connectivity index (χ4n) is 7.27. The molecule has 222 valence electrons. The van der Waals surface area contributed by atoms with Gasteiger partial charge in [0.2, 0.25) is 5.91 Å². The number of rotatable bonds is 6. The fraction of sp³-hybridized carbons (Fsp3) is 0.759. The molecule has 8 nitrogen and oxygen atoms in total. The van der Waals surface area contributed by atoms with Gasteiger partial charge in [0.05, 0.1) is 30.3 Å². The van der Waals surface area contributed by atoms with Crippen LogP contribution in [0.5, 0.6) is 0 Å². The summed E-state index contributed by atoms with van der Waals surface area (Å²) < 4.78 is 56.9. The molecule has 1 aromatic heterocycles. The molecular weight excluding hydrogens is 527 g/mol. The largest absolute Gasteiger partial charge is 0.449 e. The Labute approximate surface area is 233 Å². The Morgan fingerprint density at radius 3 is 2.80 bits per heavy atom. The van der Waals surface area contributed by atoms with Crippen LogP contribution < -0.4 is 0 Å². The Kier molecular flexibility index (Phi) is 8.34. The number of carbonyl (C=O) groups excluding carboxylic acids is 2. The van der Waals surface area contributed by atoms with Gasteiger partial charge in [-0.05, 0) is 61.0 Å². The maximum Gasteiger partial charge on any atom is 0.417 e. The second kappa shape index (κ2) is 11.5. The molecule has 0 radical (unpaired) electrons. The molecule has 40 heavy (non-hydrogen) atoms. The molecule has 1 saturated carbocycles. The van der Waals surface area contributed by atoms with Crippen LogP contribution in [0.25, 0.3) is 0 Å². The van der Waals surface area contributed by atoms with E-state index >= 15 is 0 Å². The van der Waals surface area contributed by atoms with Crippen LogP contribution >= 0.6 is 0 Å². The van der Waals surface area contributed by atoms with Crippen LogP contribution in [0.15, 0.2) is 12.3 Å². The highest BCUT2D eigenvalue weighted by atomic mass is 19.4. The van der Waals surface area contributed by atoms with E-state index in [0.29, 0.717) is 68.8 Å². The molecule has 3 fully saturated rings. The lowest BCUT2D eigenvalue weighted by Crippen LogP contribution is -2.49. The summed E-state index contributed by atoms with van der Waals surface area (Å²) in [5.41, 5.74) is -0.539. The van der Waals surface area contributed by atoms with E-state index in [0.717, 1.165) is 31.5 Å². The van der Waals surface area contributed by atoms with Gasteiger partial charge in [0, 0.05) is 58.2 Å². The number of halogens is 3. The van der Waals surface area contributed by atoms with Gasteiger partial charge in [0.1, 0.15) is 0 Å². The maximum atomic E-state index is 14.3. The summed E-state index contributed by atoms with van der Waals surface area (Å²) in [6, 6.07) is 1.12. The zero-order chi connectivity index (χ0) is 28.7. The second-order valence-corrected chi connectivity index (χ2v) is 12.4. The van der Waals surface area contributed by atoms with Gasteiger partial charge in [-0.2, -0.15) is 13.2 Å². The Hall–Kier alpha value is -2.40. The van der Waals surface area contributed by atoms with E-state index in [2.05, 4.69) is 4.98 Å². The number of fused-ring (bicyclic) bond motifs is 2. The average Bonchev–Trinajstić information content (AvgIpc) is 3.45. The Bertz CT molecular complexity index is 1100. The molecule has 0 N–H and O–H groups in total. The molecule has 4 aliphatic rings. The van der Waals surface area contributed by atoms with Crippen LogP contribution in [0, 0.1) is 29.1 Å². The lowest BCUT2D eigenvalue weighted by Gasteiger charge is -2.37. The Morgan fingerprint density at radius 1 is 1.27 bits per heavy atom. The van der Waals surface area contributed by atoms with Crippen molar-refractivity contribution >= 4 is 12.0 Å². The third-order valence-electron chi connectivity index (χ3n) is 9.22. The SMILES string of the molecule is COC1COCCC1C[C@@H]1C[C@H]2CN(C(=O)OCC(C)C)C[C@@]2(C(=O)N2CCc3ncc(C(F)(F)F)cc3C2)C1. The summed E-state index contributed by atoms with van der Waals surface area (Å²) >= 11 is 0. The van der Waals surface area contributed by atoms with Crippen LogP contribution in [0.2, 0.25) is 0 Å². The molecule has 0 aromatic carbocycles. The lowest BCUT2D eigenvalue weighted by molar-refractivity contribution is -0.144. The number of carbonyl (C=O) groups is 2. The molecule has 1 aromatic rings. The number of ether oxygens (including phenoxy) is 3. The molecule has 3 aliphatic heterocycles. The summed E-state index contributed by atoms with van der Waals surface area (Å²) in [5.74, 6) is 0.730. The number of hydrogen-bond acceptors (Lipinski definition) is 6. The zero-order valence-corrected chi connectivity index (χ0v) is 23.5. The Morgan fingerprint density at radius 2 is 2.08 bits per heavy atom. The highest BCUT2D eigenvalue weighted by Gasteiger charge is 2.60. The number of amides is 2. The molecule has 5 rings (SSSR count). The van der Waals surface area contributed by atoms with E-state index in [1.54, 1.807) is 16.9 Å². The first-order chi connectivity index (χ1) is 19.0. The minimum atomic E-state index is -4.50. The van der Waals surface area contributed by atoms with E-state index in [4.69, 9.17) is 14.2 Å². The van der Waals surface area contributed by atoms with Crippen molar-refractivity contribution in [1.82, 2.24) is 14.8 Å². The van der Waals surface area contributed by atoms with Gasteiger partial charge >= 0.3 is 12.3 Å². The van der Waals surface area contributed by atoms with Gasteiger partial charge in [-0.25, -0.2) is 4.79 Å². The molecule has 11 heteroatoms. The van der Waals surface area contributed by atoms with Crippen LogP contribution in [-0.4, -0.2) is 79.5 Å². The summed E-state index contributed by atoms with van der Waals surface area (Å²) in [5, 5.41) is 0. The van der Waals surface area contributed by atoms with E-state index in [-0.39, 0.29) is 36.9 Å². The summed E-state index contributed by atoms with van der Waals surface area (Å²) in [7, 11) is 1.70. The number of hydrogen-bond donors (Lipinski definition) is 0. The molecule has 0 spiro atoms. The molecular formula is C29H40F3N3O5. The van der Waals surface area contributed by atoms with Gasteiger partial charge in [-0.3, -0.25) is 9.78 Å². The normalized spacial score (nSPS) is 30.4. The summed E-state index contributed by atoms with van der Waals surface area (Å²) in [6.07, 6.45) is -0.312. The van der Waals surface area contributed by atoms with Gasteiger partial charge in [0.25, 0.3) is 0 Å². The van der Waals surface area contributed by atoms with Crippen LogP contribution in [0.4, 0.5) is 18.0 Å². The number of pyridine rings is 1. The van der Waals surface area contributed by atoms with Crippen molar-refractivity contribution in [3.63, 3.8) is 0 Å². The predicted molar refractivity (Wildman–Crippen MR) is 139 cm³/mol. The topological polar surface area (TPSA) is 81.2 Å². The van der Waals surface area contributed by atoms with E-state index in [1.807, 2.05) is 13.8 Å². The summed E-state index contributed by atoms with van der Waals surface area (Å²) in [6.45, 7) is 6.72. The van der Waals surface area contributed by atoms with Crippen molar-refractivity contribution in [2.24, 2.45) is 29.1 Å². The van der Waals surface area contributed by atoms with Gasteiger partial charge in [0.15, 0.2) is 0 Å². The van der Waals surface area contributed by atoms with Crippen LogP contribution in [0.3, 0.4) is 0 Å². The highest BCUT2D eigenvalue weighted by Crippen LogP contribution is 2.54. The molecule has 2 unspecified atom stereocenters. The molecule has 1 aliphatic carbocycles. The minimum absolute atomic E-state index is 0.0253. The highest BCUT2D eigenvalue weighted by molar-refractivity contribution is 5.85. The van der Waals surface area contributed by atoms with Gasteiger partial charge in [-0.1, -0.05) is 13.8 Å². The van der Waals surface area contributed by atoms with E-state index < -0.39 is 23.2 Å². The van der Waals surface area contributed by atoms with Gasteiger partial charge < -0.3 is 24.0 Å². The van der Waals surface area contributed by atoms with Crippen LogP contribution in [0.1, 0.15) is 56.4 Å². The summed E-state index contributed by atoms with van der Waals surface area (Å²) in [4.78, 5) is 34.7. The first-order valence-corrected chi connectivity index (χ1v) is 14.4. The van der Waals surface area contributed by atoms with Crippen molar-refractivity contribution < 1.29 is 37.0 Å². The molecule has 5 atom stereocenters. The predicted octanol–water partition coefficient (Wildman–Crippen LogP) is 4.55. The maximum absolute atomic E-state index is 14.3. The quantitative estimate of drug-likeness (QED) is 0.502.